The highest BCUT2D eigenvalue weighted by Crippen LogP contribution is 2.28. The number of carbonyl (C=O) groups excluding carboxylic acids is 1. The van der Waals surface area contributed by atoms with E-state index in [1.54, 1.807) is 6.20 Å². The summed E-state index contributed by atoms with van der Waals surface area (Å²) < 4.78 is 1.81. The Labute approximate surface area is 165 Å². The van der Waals surface area contributed by atoms with Crippen molar-refractivity contribution in [1.82, 2.24) is 20.4 Å². The summed E-state index contributed by atoms with van der Waals surface area (Å²) >= 11 is 0. The number of hydrogen-bond acceptors (Lipinski definition) is 3. The monoisotopic (exact) mass is 374 g/mol. The molecule has 0 saturated carbocycles. The van der Waals surface area contributed by atoms with Crippen LogP contribution in [0, 0.1) is 6.92 Å². The molecule has 2 heterocycles. The smallest absolute Gasteiger partial charge is 0.251 e. The molecule has 3 aromatic rings. The fourth-order valence-corrected chi connectivity index (χ4v) is 3.74. The molecular formula is C23H26N4O. The predicted octanol–water partition coefficient (Wildman–Crippen LogP) is 3.75. The topological polar surface area (TPSA) is 59.0 Å². The lowest BCUT2D eigenvalue weighted by Crippen LogP contribution is -2.23. The van der Waals surface area contributed by atoms with E-state index in [9.17, 15) is 4.79 Å². The summed E-state index contributed by atoms with van der Waals surface area (Å²) in [5.74, 6) is -0.0706. The highest BCUT2D eigenvalue weighted by atomic mass is 16.1. The molecular weight excluding hydrogens is 348 g/mol. The molecule has 144 valence electrons. The normalized spacial score (nSPS) is 16.3. The van der Waals surface area contributed by atoms with Gasteiger partial charge in [0.25, 0.3) is 5.91 Å². The second-order valence-electron chi connectivity index (χ2n) is 7.42. The number of rotatable bonds is 5. The number of aryl methyl sites for hydroxylation is 1. The molecule has 5 heteroatoms. The number of amides is 1. The van der Waals surface area contributed by atoms with Gasteiger partial charge < -0.3 is 10.6 Å². The molecule has 0 spiro atoms. The van der Waals surface area contributed by atoms with E-state index in [-0.39, 0.29) is 5.91 Å². The van der Waals surface area contributed by atoms with Crippen molar-refractivity contribution in [3.63, 3.8) is 0 Å². The first-order valence-electron chi connectivity index (χ1n) is 9.81. The lowest BCUT2D eigenvalue weighted by atomic mass is 9.97. The molecule has 4 rings (SSSR count). The quantitative estimate of drug-likeness (QED) is 0.715. The van der Waals surface area contributed by atoms with Gasteiger partial charge in [0.05, 0.1) is 6.20 Å². The van der Waals surface area contributed by atoms with Crippen LogP contribution in [0.2, 0.25) is 0 Å². The molecule has 1 fully saturated rings. The molecule has 1 aliphatic heterocycles. The summed E-state index contributed by atoms with van der Waals surface area (Å²) in [7, 11) is 1.90. The van der Waals surface area contributed by atoms with Crippen molar-refractivity contribution in [2.45, 2.75) is 32.4 Å². The standard InChI is InChI=1S/C23H26N4O/c1-16-21(15-26-27(16)2)14-25-23(28)20-9-4-7-18(13-20)17-6-3-8-19(12-17)22-10-5-11-24-22/h3-4,6-9,12-13,15,22,24H,5,10-11,14H2,1-2H3,(H,25,28). The predicted molar refractivity (Wildman–Crippen MR) is 111 cm³/mol. The minimum Gasteiger partial charge on any atom is -0.348 e. The number of carbonyl (C=O) groups is 1. The van der Waals surface area contributed by atoms with Gasteiger partial charge in [-0.1, -0.05) is 30.3 Å². The summed E-state index contributed by atoms with van der Waals surface area (Å²) in [4.78, 5) is 12.6. The van der Waals surface area contributed by atoms with Gasteiger partial charge in [-0.25, -0.2) is 0 Å². The maximum Gasteiger partial charge on any atom is 0.251 e. The van der Waals surface area contributed by atoms with Gasteiger partial charge in [-0.05, 0) is 61.2 Å². The second-order valence-corrected chi connectivity index (χ2v) is 7.42. The summed E-state index contributed by atoms with van der Waals surface area (Å²) in [5, 5.41) is 10.8. The van der Waals surface area contributed by atoms with Crippen molar-refractivity contribution in [3.8, 4) is 11.1 Å². The minimum atomic E-state index is -0.0706. The van der Waals surface area contributed by atoms with E-state index < -0.39 is 0 Å². The Morgan fingerprint density at radius 2 is 2.00 bits per heavy atom. The zero-order valence-corrected chi connectivity index (χ0v) is 16.4. The molecule has 1 unspecified atom stereocenters. The van der Waals surface area contributed by atoms with Gasteiger partial charge in [-0.15, -0.1) is 0 Å². The van der Waals surface area contributed by atoms with Gasteiger partial charge in [0.1, 0.15) is 0 Å². The molecule has 1 amide bonds. The van der Waals surface area contributed by atoms with E-state index in [0.717, 1.165) is 28.9 Å². The molecule has 28 heavy (non-hydrogen) atoms. The van der Waals surface area contributed by atoms with Gasteiger partial charge >= 0.3 is 0 Å². The molecule has 0 bridgehead atoms. The summed E-state index contributed by atoms with van der Waals surface area (Å²) in [6, 6.07) is 16.9. The van der Waals surface area contributed by atoms with E-state index >= 15 is 0 Å². The number of nitrogens with zero attached hydrogens (tertiary/aromatic N) is 2. The van der Waals surface area contributed by atoms with Crippen LogP contribution in [0.15, 0.2) is 54.7 Å². The van der Waals surface area contributed by atoms with Gasteiger partial charge in [0.15, 0.2) is 0 Å². The Morgan fingerprint density at radius 1 is 1.21 bits per heavy atom. The third-order valence-corrected chi connectivity index (χ3v) is 5.58. The van der Waals surface area contributed by atoms with Gasteiger partial charge in [-0.2, -0.15) is 5.10 Å². The zero-order chi connectivity index (χ0) is 19.5. The van der Waals surface area contributed by atoms with Crippen LogP contribution in [0.5, 0.6) is 0 Å². The van der Waals surface area contributed by atoms with Gasteiger partial charge in [0.2, 0.25) is 0 Å². The second kappa shape index (κ2) is 7.98. The fourth-order valence-electron chi connectivity index (χ4n) is 3.74. The van der Waals surface area contributed by atoms with Crippen LogP contribution in [0.3, 0.4) is 0 Å². The Morgan fingerprint density at radius 3 is 2.71 bits per heavy atom. The first-order chi connectivity index (χ1) is 13.6. The highest BCUT2D eigenvalue weighted by Gasteiger charge is 2.16. The molecule has 1 saturated heterocycles. The maximum atomic E-state index is 12.6. The SMILES string of the molecule is Cc1c(CNC(=O)c2cccc(-c3cccc(C4CCCN4)c3)c2)cnn1C. The van der Waals surface area contributed by atoms with Crippen LogP contribution in [-0.2, 0) is 13.6 Å². The van der Waals surface area contributed by atoms with E-state index in [1.807, 2.05) is 36.9 Å². The average Bonchev–Trinajstić information content (AvgIpc) is 3.38. The third kappa shape index (κ3) is 3.85. The van der Waals surface area contributed by atoms with Crippen molar-refractivity contribution in [1.29, 1.82) is 0 Å². The Balaban J connectivity index is 1.50. The molecule has 0 aliphatic carbocycles. The van der Waals surface area contributed by atoms with Crippen LogP contribution < -0.4 is 10.6 Å². The van der Waals surface area contributed by atoms with Crippen LogP contribution in [0.1, 0.15) is 46.1 Å². The minimum absolute atomic E-state index is 0.0706. The van der Waals surface area contributed by atoms with Crippen molar-refractivity contribution >= 4 is 5.91 Å². The molecule has 2 N–H and O–H groups in total. The fraction of sp³-hybridized carbons (Fsp3) is 0.304. The average molecular weight is 374 g/mol. The largest absolute Gasteiger partial charge is 0.348 e. The molecule has 1 atom stereocenters. The number of hydrogen-bond donors (Lipinski definition) is 2. The van der Waals surface area contributed by atoms with Crippen molar-refractivity contribution in [2.24, 2.45) is 7.05 Å². The van der Waals surface area contributed by atoms with E-state index in [4.69, 9.17) is 0 Å². The van der Waals surface area contributed by atoms with Gasteiger partial charge in [-0.3, -0.25) is 9.48 Å². The highest BCUT2D eigenvalue weighted by molar-refractivity contribution is 5.95. The lowest BCUT2D eigenvalue weighted by molar-refractivity contribution is 0.0951. The van der Waals surface area contributed by atoms with Crippen molar-refractivity contribution in [3.05, 3.63) is 77.1 Å². The summed E-state index contributed by atoms with van der Waals surface area (Å²) in [5.41, 5.74) is 6.28. The lowest BCUT2D eigenvalue weighted by Gasteiger charge is -2.13. The summed E-state index contributed by atoms with van der Waals surface area (Å²) in [6.07, 6.45) is 4.20. The molecule has 1 aromatic heterocycles. The van der Waals surface area contributed by atoms with Crippen molar-refractivity contribution in [2.75, 3.05) is 6.54 Å². The Bertz CT molecular complexity index is 986. The number of benzene rings is 2. The molecule has 2 aromatic carbocycles. The van der Waals surface area contributed by atoms with Gasteiger partial charge in [0, 0.05) is 36.5 Å². The maximum absolute atomic E-state index is 12.6. The molecule has 0 radical (unpaired) electrons. The number of nitrogens with one attached hydrogen (secondary N) is 2. The summed E-state index contributed by atoms with van der Waals surface area (Å²) in [6.45, 7) is 3.56. The Kier molecular flexibility index (Phi) is 5.26. The number of aromatic nitrogens is 2. The third-order valence-electron chi connectivity index (χ3n) is 5.58. The molecule has 1 aliphatic rings. The van der Waals surface area contributed by atoms with Crippen LogP contribution >= 0.6 is 0 Å². The van der Waals surface area contributed by atoms with Crippen molar-refractivity contribution < 1.29 is 4.79 Å². The van der Waals surface area contributed by atoms with E-state index in [1.165, 1.54) is 18.4 Å². The van der Waals surface area contributed by atoms with Crippen LogP contribution in [0.25, 0.3) is 11.1 Å². The Hall–Kier alpha value is -2.92. The zero-order valence-electron chi connectivity index (χ0n) is 16.4. The van der Waals surface area contributed by atoms with Crippen LogP contribution in [0.4, 0.5) is 0 Å². The first kappa shape index (κ1) is 18.4. The van der Waals surface area contributed by atoms with E-state index in [0.29, 0.717) is 18.2 Å². The van der Waals surface area contributed by atoms with Crippen LogP contribution in [-0.4, -0.2) is 22.2 Å². The first-order valence-corrected chi connectivity index (χ1v) is 9.81. The van der Waals surface area contributed by atoms with E-state index in [2.05, 4.69) is 46.1 Å². The molecule has 5 nitrogen and oxygen atoms in total.